The van der Waals surface area contributed by atoms with Crippen LogP contribution in [0.4, 0.5) is 0 Å². The zero-order chi connectivity index (χ0) is 10.3. The zero-order valence-electron chi connectivity index (χ0n) is 7.92. The number of aldehydes is 1. The third kappa shape index (κ3) is 1.06. The van der Waals surface area contributed by atoms with Crippen LogP contribution in [0.2, 0.25) is 0 Å². The quantitative estimate of drug-likeness (QED) is 0.559. The van der Waals surface area contributed by atoms with Crippen LogP contribution in [0.1, 0.15) is 10.5 Å². The molecule has 3 aromatic rings. The first-order valence-electron chi connectivity index (χ1n) is 4.70. The van der Waals surface area contributed by atoms with Crippen molar-refractivity contribution in [3.05, 3.63) is 48.3 Å². The lowest BCUT2D eigenvalue weighted by Crippen LogP contribution is -1.92. The summed E-state index contributed by atoms with van der Waals surface area (Å²) in [4.78, 5) is 15.0. The van der Waals surface area contributed by atoms with Crippen molar-refractivity contribution in [3.8, 4) is 0 Å². The molecule has 2 aromatic heterocycles. The molecule has 72 valence electrons. The zero-order valence-corrected chi connectivity index (χ0v) is 7.92. The monoisotopic (exact) mass is 196 g/mol. The topological polar surface area (TPSA) is 34.4 Å². The number of hydrogen-bond acceptors (Lipinski definition) is 2. The second kappa shape index (κ2) is 2.92. The summed E-state index contributed by atoms with van der Waals surface area (Å²) in [7, 11) is 0. The fraction of sp³-hybridized carbons (Fsp3) is 0. The Morgan fingerprint density at radius 3 is 2.87 bits per heavy atom. The fourth-order valence-corrected chi connectivity index (χ4v) is 1.84. The number of hydrogen-bond donors (Lipinski definition) is 0. The first-order valence-corrected chi connectivity index (χ1v) is 4.70. The molecule has 0 atom stereocenters. The number of carbonyl (C=O) groups is 1. The molecule has 0 radical (unpaired) electrons. The molecule has 0 spiro atoms. The van der Waals surface area contributed by atoms with E-state index in [1.54, 1.807) is 6.20 Å². The summed E-state index contributed by atoms with van der Waals surface area (Å²) in [6.07, 6.45) is 2.42. The first-order chi connectivity index (χ1) is 7.40. The van der Waals surface area contributed by atoms with Crippen LogP contribution in [0, 0.1) is 0 Å². The molecular formula is C12H8N2O. The van der Waals surface area contributed by atoms with Crippen LogP contribution in [0.5, 0.6) is 0 Å². The van der Waals surface area contributed by atoms with Crippen molar-refractivity contribution >= 4 is 22.8 Å². The molecule has 0 amide bonds. The molecule has 0 unspecified atom stereocenters. The predicted molar refractivity (Wildman–Crippen MR) is 58.1 cm³/mol. The summed E-state index contributed by atoms with van der Waals surface area (Å²) in [5, 5.41) is 1.10. The number of pyridine rings is 1. The Bertz CT molecular complexity index is 655. The SMILES string of the molecule is O=Cc1cnc2ccc3ccccc3n12. The minimum Gasteiger partial charge on any atom is -0.296 e. The van der Waals surface area contributed by atoms with Crippen LogP contribution in [0.15, 0.2) is 42.6 Å². The Balaban J connectivity index is 2.61. The maximum absolute atomic E-state index is 10.9. The summed E-state index contributed by atoms with van der Waals surface area (Å²) >= 11 is 0. The molecule has 3 nitrogen and oxygen atoms in total. The number of fused-ring (bicyclic) bond motifs is 3. The molecular weight excluding hydrogens is 188 g/mol. The van der Waals surface area contributed by atoms with Crippen LogP contribution >= 0.6 is 0 Å². The molecule has 3 heteroatoms. The number of imidazole rings is 1. The van der Waals surface area contributed by atoms with Crippen molar-refractivity contribution in [3.63, 3.8) is 0 Å². The van der Waals surface area contributed by atoms with Gasteiger partial charge in [0.05, 0.1) is 11.7 Å². The highest BCUT2D eigenvalue weighted by Crippen LogP contribution is 2.17. The number of aromatic nitrogens is 2. The number of nitrogens with zero attached hydrogens (tertiary/aromatic N) is 2. The minimum atomic E-state index is 0.585. The minimum absolute atomic E-state index is 0.585. The van der Waals surface area contributed by atoms with Gasteiger partial charge in [-0.25, -0.2) is 4.98 Å². The van der Waals surface area contributed by atoms with E-state index in [1.807, 2.05) is 40.8 Å². The van der Waals surface area contributed by atoms with Gasteiger partial charge in [-0.05, 0) is 23.6 Å². The number of benzene rings is 1. The average Bonchev–Trinajstić information content (AvgIpc) is 2.72. The van der Waals surface area contributed by atoms with Gasteiger partial charge in [0.25, 0.3) is 0 Å². The highest BCUT2D eigenvalue weighted by atomic mass is 16.1. The van der Waals surface area contributed by atoms with Crippen molar-refractivity contribution in [2.45, 2.75) is 0 Å². The summed E-state index contributed by atoms with van der Waals surface area (Å²) < 4.78 is 1.86. The number of carbonyl (C=O) groups excluding carboxylic acids is 1. The maximum Gasteiger partial charge on any atom is 0.168 e. The van der Waals surface area contributed by atoms with Gasteiger partial charge >= 0.3 is 0 Å². The van der Waals surface area contributed by atoms with Crippen LogP contribution < -0.4 is 0 Å². The van der Waals surface area contributed by atoms with E-state index in [1.165, 1.54) is 0 Å². The van der Waals surface area contributed by atoms with Crippen molar-refractivity contribution in [1.82, 2.24) is 9.38 Å². The van der Waals surface area contributed by atoms with Gasteiger partial charge in [-0.2, -0.15) is 0 Å². The molecule has 0 N–H and O–H groups in total. The molecule has 15 heavy (non-hydrogen) atoms. The van der Waals surface area contributed by atoms with Crippen LogP contribution in [0.3, 0.4) is 0 Å². The molecule has 0 fully saturated rings. The van der Waals surface area contributed by atoms with E-state index >= 15 is 0 Å². The lowest BCUT2D eigenvalue weighted by atomic mass is 10.2. The van der Waals surface area contributed by atoms with E-state index < -0.39 is 0 Å². The van der Waals surface area contributed by atoms with Gasteiger partial charge < -0.3 is 0 Å². The predicted octanol–water partition coefficient (Wildman–Crippen LogP) is 2.30. The largest absolute Gasteiger partial charge is 0.296 e. The smallest absolute Gasteiger partial charge is 0.168 e. The second-order valence-electron chi connectivity index (χ2n) is 3.39. The lowest BCUT2D eigenvalue weighted by molar-refractivity contribution is 0.111. The Labute approximate surface area is 86.0 Å². The molecule has 0 aliphatic heterocycles. The normalized spacial score (nSPS) is 10.9. The van der Waals surface area contributed by atoms with E-state index in [-0.39, 0.29) is 0 Å². The Hall–Kier alpha value is -2.16. The van der Waals surface area contributed by atoms with Crippen molar-refractivity contribution < 1.29 is 4.79 Å². The van der Waals surface area contributed by atoms with Gasteiger partial charge in [0, 0.05) is 0 Å². The summed E-state index contributed by atoms with van der Waals surface area (Å²) in [5.74, 6) is 0. The Morgan fingerprint density at radius 2 is 2.00 bits per heavy atom. The van der Waals surface area contributed by atoms with E-state index in [9.17, 15) is 4.79 Å². The van der Waals surface area contributed by atoms with E-state index in [0.29, 0.717) is 5.69 Å². The third-order valence-electron chi connectivity index (χ3n) is 2.53. The molecule has 0 saturated carbocycles. The number of para-hydroxylation sites is 1. The fourth-order valence-electron chi connectivity index (χ4n) is 1.84. The molecule has 0 saturated heterocycles. The van der Waals surface area contributed by atoms with Crippen molar-refractivity contribution in [2.24, 2.45) is 0 Å². The summed E-state index contributed by atoms with van der Waals surface area (Å²) in [5.41, 5.74) is 2.40. The summed E-state index contributed by atoms with van der Waals surface area (Å²) in [6, 6.07) is 11.9. The van der Waals surface area contributed by atoms with Gasteiger partial charge in [-0.15, -0.1) is 0 Å². The lowest BCUT2D eigenvalue weighted by Gasteiger charge is -2.02. The number of rotatable bonds is 1. The Morgan fingerprint density at radius 1 is 1.13 bits per heavy atom. The van der Waals surface area contributed by atoms with Crippen molar-refractivity contribution in [2.75, 3.05) is 0 Å². The van der Waals surface area contributed by atoms with Crippen molar-refractivity contribution in [1.29, 1.82) is 0 Å². The molecule has 0 aliphatic carbocycles. The van der Waals surface area contributed by atoms with E-state index in [0.717, 1.165) is 22.8 Å². The van der Waals surface area contributed by atoms with Gasteiger partial charge in [0.15, 0.2) is 6.29 Å². The van der Waals surface area contributed by atoms with Crippen LogP contribution in [-0.2, 0) is 0 Å². The van der Waals surface area contributed by atoms with E-state index in [4.69, 9.17) is 0 Å². The molecule has 0 bridgehead atoms. The van der Waals surface area contributed by atoms with Crippen LogP contribution in [-0.4, -0.2) is 15.7 Å². The second-order valence-corrected chi connectivity index (χ2v) is 3.39. The highest BCUT2D eigenvalue weighted by molar-refractivity contribution is 5.85. The highest BCUT2D eigenvalue weighted by Gasteiger charge is 2.04. The van der Waals surface area contributed by atoms with Gasteiger partial charge in [-0.1, -0.05) is 18.2 Å². The first kappa shape index (κ1) is 8.17. The molecule has 3 rings (SSSR count). The molecule has 0 aliphatic rings. The Kier molecular flexibility index (Phi) is 1.59. The average molecular weight is 196 g/mol. The van der Waals surface area contributed by atoms with Gasteiger partial charge in [-0.3, -0.25) is 9.20 Å². The maximum atomic E-state index is 10.9. The van der Waals surface area contributed by atoms with E-state index in [2.05, 4.69) is 4.98 Å². The molecule has 2 heterocycles. The van der Waals surface area contributed by atoms with Gasteiger partial charge in [0.2, 0.25) is 0 Å². The van der Waals surface area contributed by atoms with Crippen LogP contribution in [0.25, 0.3) is 16.6 Å². The third-order valence-corrected chi connectivity index (χ3v) is 2.53. The summed E-state index contributed by atoms with van der Waals surface area (Å²) in [6.45, 7) is 0. The molecule has 1 aromatic carbocycles. The standard InChI is InChI=1S/C12H8N2O/c15-8-10-7-13-12-6-5-9-3-1-2-4-11(9)14(10)12/h1-8H. The van der Waals surface area contributed by atoms with Gasteiger partial charge in [0.1, 0.15) is 11.3 Å².